The molecule has 0 bridgehead atoms. The Morgan fingerprint density at radius 3 is 0.974 bits per heavy atom. The number of carbonyl (C=O) groups excluding carboxylic acids is 4. The summed E-state index contributed by atoms with van der Waals surface area (Å²) in [5, 5.41) is 0. The lowest BCUT2D eigenvalue weighted by atomic mass is 9.97. The average Bonchev–Trinajstić information content (AvgIpc) is 3.88. The van der Waals surface area contributed by atoms with Gasteiger partial charge in [-0.15, -0.1) is 0 Å². The van der Waals surface area contributed by atoms with E-state index in [0.29, 0.717) is 211 Å². The van der Waals surface area contributed by atoms with E-state index in [1.807, 2.05) is 4.57 Å². The molecule has 0 radical (unpaired) electrons. The summed E-state index contributed by atoms with van der Waals surface area (Å²) < 4.78 is 119. The van der Waals surface area contributed by atoms with E-state index in [0.717, 1.165) is 0 Å². The highest BCUT2D eigenvalue weighted by molar-refractivity contribution is 5.68. The van der Waals surface area contributed by atoms with Gasteiger partial charge in [-0.05, 0) is 0 Å². The van der Waals surface area contributed by atoms with Crippen LogP contribution < -0.4 is 4.57 Å². The molecule has 1 aliphatic heterocycles. The fourth-order valence-corrected chi connectivity index (χ4v) is 6.63. The molecule has 2 rings (SSSR count). The number of methoxy groups -OCH3 is 1. The second-order valence-corrected chi connectivity index (χ2v) is 16.4. The molecule has 0 spiro atoms. The van der Waals surface area contributed by atoms with Crippen molar-refractivity contribution in [3.05, 3.63) is 18.7 Å². The van der Waals surface area contributed by atoms with Gasteiger partial charge in [-0.1, -0.05) is 0 Å². The highest BCUT2D eigenvalue weighted by atomic mass is 16.7. The fraction of sp³-hybridized carbons (Fsp3) is 0.860. The third kappa shape index (κ3) is 39.4. The monoisotopic (exact) mass is 1120 g/mol. The maximum atomic E-state index is 12.2. The number of imidazole rings is 1. The molecule has 27 heteroatoms. The van der Waals surface area contributed by atoms with Gasteiger partial charge in [0, 0.05) is 34.8 Å². The van der Waals surface area contributed by atoms with Gasteiger partial charge in [0.25, 0.3) is 0 Å². The Morgan fingerprint density at radius 1 is 0.390 bits per heavy atom. The molecule has 1 aliphatic rings. The van der Waals surface area contributed by atoms with Crippen molar-refractivity contribution in [3.8, 4) is 0 Å². The van der Waals surface area contributed by atoms with E-state index in [1.54, 1.807) is 30.4 Å². The molecule has 0 saturated carbocycles. The molecule has 448 valence electrons. The summed E-state index contributed by atoms with van der Waals surface area (Å²) in [6, 6.07) is 0. The Labute approximate surface area is 452 Å². The lowest BCUT2D eigenvalue weighted by Crippen LogP contribution is -2.60. The maximum absolute atomic E-state index is 12.2. The van der Waals surface area contributed by atoms with E-state index >= 15 is 0 Å². The number of rotatable bonds is 54. The molecule has 0 unspecified atom stereocenters. The molecule has 5 atom stereocenters. The standard InChI is InChI=1S/C50H89N2O25/c1-42(53)73-40-46-47(74-43(2)54)48(75-44(3)55)49(76-45(4)56)50(77-46)52-7-6-51(41-52)8-9-58-12-13-60-16-17-62-20-21-64-24-25-66-28-29-68-32-33-70-36-37-72-39-38-71-35-34-69-31-30-67-27-26-65-23-22-63-19-18-61-15-14-59-11-10-57-5/h6-7,41,46-50H,8-40H2,1-5H3/q+1/t46-,47-,48+,49-,50-/m1/s1. The molecule has 0 N–H and O–H groups in total. The predicted octanol–water partition coefficient (Wildman–Crippen LogP) is -0.0734. The minimum absolute atomic E-state index is 0.320. The minimum atomic E-state index is -1.27. The molecule has 27 nitrogen and oxygen atoms in total. The van der Waals surface area contributed by atoms with Gasteiger partial charge < -0.3 is 99.5 Å². The number of aromatic nitrogens is 2. The van der Waals surface area contributed by atoms with E-state index in [-0.39, 0.29) is 6.61 Å². The molecule has 1 aromatic heterocycles. The van der Waals surface area contributed by atoms with Gasteiger partial charge in [-0.2, -0.15) is 0 Å². The number of hydrogen-bond donors (Lipinski definition) is 0. The van der Waals surface area contributed by atoms with Gasteiger partial charge in [-0.25, -0.2) is 9.13 Å². The van der Waals surface area contributed by atoms with Gasteiger partial charge in [0.15, 0.2) is 12.2 Å². The van der Waals surface area contributed by atoms with E-state index < -0.39 is 54.5 Å². The third-order valence-electron chi connectivity index (χ3n) is 10.1. The van der Waals surface area contributed by atoms with Crippen molar-refractivity contribution in [1.82, 2.24) is 4.57 Å². The van der Waals surface area contributed by atoms with Crippen LogP contribution in [0.2, 0.25) is 0 Å². The number of nitrogens with zero attached hydrogens (tertiary/aromatic N) is 2. The van der Waals surface area contributed by atoms with Crippen molar-refractivity contribution in [2.45, 2.75) is 64.9 Å². The van der Waals surface area contributed by atoms with Crippen LogP contribution in [0.15, 0.2) is 18.7 Å². The summed E-state index contributed by atoms with van der Waals surface area (Å²) in [7, 11) is 1.64. The molecule has 1 saturated heterocycles. The quantitative estimate of drug-likeness (QED) is 0.0357. The van der Waals surface area contributed by atoms with Gasteiger partial charge in [-0.3, -0.25) is 19.2 Å². The van der Waals surface area contributed by atoms with Crippen LogP contribution in [0.3, 0.4) is 0 Å². The number of hydrogen-bond acceptors (Lipinski definition) is 25. The zero-order chi connectivity index (χ0) is 55.7. The van der Waals surface area contributed by atoms with Crippen molar-refractivity contribution >= 4 is 23.9 Å². The van der Waals surface area contributed by atoms with Gasteiger partial charge in [0.05, 0.1) is 205 Å². The highest BCUT2D eigenvalue weighted by Gasteiger charge is 2.54. The second-order valence-electron chi connectivity index (χ2n) is 16.4. The first kappa shape index (κ1) is 69.5. The van der Waals surface area contributed by atoms with Crippen molar-refractivity contribution in [1.29, 1.82) is 0 Å². The van der Waals surface area contributed by atoms with E-state index in [1.165, 1.54) is 27.7 Å². The smallest absolute Gasteiger partial charge is 0.303 e. The summed E-state index contributed by atoms with van der Waals surface area (Å²) in [6.45, 7) is 19.4. The average molecular weight is 1120 g/mol. The number of esters is 4. The lowest BCUT2D eigenvalue weighted by Gasteiger charge is -2.42. The summed E-state index contributed by atoms with van der Waals surface area (Å²) in [6.07, 6.45) is -0.735. The molecule has 0 amide bonds. The Hall–Kier alpha value is -3.59. The van der Waals surface area contributed by atoms with Crippen LogP contribution in [-0.2, 0) is 125 Å². The second kappa shape index (κ2) is 49.5. The molecular weight excluding hydrogens is 1030 g/mol. The topological polar surface area (TPSA) is 271 Å². The maximum Gasteiger partial charge on any atom is 0.303 e. The Bertz CT molecular complexity index is 1580. The first-order valence-electron chi connectivity index (χ1n) is 26.1. The van der Waals surface area contributed by atoms with Crippen LogP contribution in [0.5, 0.6) is 0 Å². The fourth-order valence-electron chi connectivity index (χ4n) is 6.63. The summed E-state index contributed by atoms with van der Waals surface area (Å²) in [5.74, 6) is -2.69. The molecule has 0 aromatic carbocycles. The lowest BCUT2D eigenvalue weighted by molar-refractivity contribution is -0.698. The van der Waals surface area contributed by atoms with Crippen LogP contribution in [-0.4, -0.2) is 271 Å². The largest absolute Gasteiger partial charge is 0.463 e. The molecule has 1 aromatic rings. The zero-order valence-electron chi connectivity index (χ0n) is 46.1. The Kier molecular flexibility index (Phi) is 44.6. The van der Waals surface area contributed by atoms with Gasteiger partial charge >= 0.3 is 23.9 Å². The Morgan fingerprint density at radius 2 is 0.675 bits per heavy atom. The first-order valence-corrected chi connectivity index (χ1v) is 26.1. The first-order chi connectivity index (χ1) is 37.6. The SMILES string of the molecule is COCCOCCOCCOCCOCCOCCOCCOCCOCCOCCOCCOCCOCCOCCOCCOCC[n+]1ccn([C@@H]2O[C@H](COC(C)=O)[C@@H](OC(C)=O)[C@H](OC(C)=O)[C@H]2OC(C)=O)c1. The molecule has 1 fully saturated rings. The molecular formula is C50H89N2O25+. The van der Waals surface area contributed by atoms with E-state index in [4.69, 9.17) is 99.5 Å². The molecule has 0 aliphatic carbocycles. The number of ether oxygens (including phenoxy) is 21. The van der Waals surface area contributed by atoms with Gasteiger partial charge in [0.1, 0.15) is 31.6 Å². The minimum Gasteiger partial charge on any atom is -0.463 e. The predicted molar refractivity (Wildman–Crippen MR) is 266 cm³/mol. The normalized spacial score (nSPS) is 17.4. The van der Waals surface area contributed by atoms with Gasteiger partial charge in [0.2, 0.25) is 18.7 Å². The summed E-state index contributed by atoms with van der Waals surface area (Å²) in [4.78, 5) is 48.0. The summed E-state index contributed by atoms with van der Waals surface area (Å²) >= 11 is 0. The van der Waals surface area contributed by atoms with E-state index in [9.17, 15) is 19.2 Å². The third-order valence-corrected chi connectivity index (χ3v) is 10.1. The van der Waals surface area contributed by atoms with Crippen LogP contribution in [0, 0.1) is 0 Å². The van der Waals surface area contributed by atoms with Crippen molar-refractivity contribution in [2.75, 3.05) is 219 Å². The van der Waals surface area contributed by atoms with Crippen molar-refractivity contribution in [3.63, 3.8) is 0 Å². The van der Waals surface area contributed by atoms with Crippen LogP contribution in [0.25, 0.3) is 0 Å². The molecule has 77 heavy (non-hydrogen) atoms. The summed E-state index contributed by atoms with van der Waals surface area (Å²) in [5.41, 5.74) is 0. The zero-order valence-corrected chi connectivity index (χ0v) is 46.1. The van der Waals surface area contributed by atoms with E-state index in [2.05, 4.69) is 0 Å². The van der Waals surface area contributed by atoms with Crippen LogP contribution in [0.4, 0.5) is 0 Å². The van der Waals surface area contributed by atoms with Crippen LogP contribution >= 0.6 is 0 Å². The van der Waals surface area contributed by atoms with Crippen molar-refractivity contribution in [2.24, 2.45) is 0 Å². The van der Waals surface area contributed by atoms with Crippen LogP contribution in [0.1, 0.15) is 33.9 Å². The Balaban J connectivity index is 1.31. The molecule has 2 heterocycles. The highest BCUT2D eigenvalue weighted by Crippen LogP contribution is 2.34. The number of carbonyl (C=O) groups is 4. The van der Waals surface area contributed by atoms with Crippen molar-refractivity contribution < 1.29 is 123 Å².